The minimum atomic E-state index is -0.566. The van der Waals surface area contributed by atoms with E-state index < -0.39 is 11.2 Å². The Hall–Kier alpha value is -5.04. The molecule has 7 heteroatoms. The van der Waals surface area contributed by atoms with Gasteiger partial charge in [-0.2, -0.15) is 0 Å². The molecule has 0 unspecified atom stereocenters. The van der Waals surface area contributed by atoms with Gasteiger partial charge < -0.3 is 24.3 Å². The third-order valence-corrected chi connectivity index (χ3v) is 5.88. The molecule has 38 heavy (non-hydrogen) atoms. The monoisotopic (exact) mass is 506 g/mol. The molecule has 5 rings (SSSR count). The SMILES string of the molecule is CC(=N)Nc1ccc2oc(-c3ccc(OCc4ccccc4)c(OCc4ccccc4)c3)c(O)c(=O)c2c1. The van der Waals surface area contributed by atoms with Crippen LogP contribution in [0.25, 0.3) is 22.3 Å². The average Bonchev–Trinajstić information content (AvgIpc) is 2.94. The highest BCUT2D eigenvalue weighted by atomic mass is 16.5. The fourth-order valence-corrected chi connectivity index (χ4v) is 4.03. The standard InChI is InChI=1S/C31H26N2O5/c1-20(32)33-24-13-15-26-25(17-24)29(34)30(35)31(38-26)23-12-14-27(36-18-21-8-4-2-5-9-21)28(16-23)37-19-22-10-6-3-7-11-22/h2-17,35H,18-19H2,1H3,(H2,32,33). The van der Waals surface area contributed by atoms with Crippen LogP contribution in [0.15, 0.2) is 106 Å². The van der Waals surface area contributed by atoms with Crippen molar-refractivity contribution in [3.05, 3.63) is 118 Å². The van der Waals surface area contributed by atoms with E-state index in [9.17, 15) is 9.90 Å². The largest absolute Gasteiger partial charge is 0.502 e. The summed E-state index contributed by atoms with van der Waals surface area (Å²) in [7, 11) is 0. The highest BCUT2D eigenvalue weighted by molar-refractivity contribution is 5.94. The summed E-state index contributed by atoms with van der Waals surface area (Å²) in [4.78, 5) is 13.0. The van der Waals surface area contributed by atoms with Crippen LogP contribution in [0.5, 0.6) is 17.2 Å². The van der Waals surface area contributed by atoms with Gasteiger partial charge in [-0.05, 0) is 54.4 Å². The molecule has 3 N–H and O–H groups in total. The number of hydrogen-bond donors (Lipinski definition) is 3. The van der Waals surface area contributed by atoms with E-state index in [4.69, 9.17) is 19.3 Å². The van der Waals surface area contributed by atoms with Crippen LogP contribution in [0.1, 0.15) is 18.1 Å². The van der Waals surface area contributed by atoms with Crippen LogP contribution < -0.4 is 20.2 Å². The average molecular weight is 507 g/mol. The van der Waals surface area contributed by atoms with Crippen LogP contribution in [0.3, 0.4) is 0 Å². The third-order valence-electron chi connectivity index (χ3n) is 5.88. The van der Waals surface area contributed by atoms with Crippen LogP contribution in [0, 0.1) is 5.41 Å². The molecule has 0 atom stereocenters. The second kappa shape index (κ2) is 10.9. The van der Waals surface area contributed by atoms with Crippen molar-refractivity contribution in [3.8, 4) is 28.6 Å². The predicted molar refractivity (Wildman–Crippen MR) is 148 cm³/mol. The van der Waals surface area contributed by atoms with E-state index in [0.29, 0.717) is 41.5 Å². The summed E-state index contributed by atoms with van der Waals surface area (Å²) in [5, 5.41) is 21.5. The number of ether oxygens (including phenoxy) is 2. The molecule has 1 aromatic heterocycles. The quantitative estimate of drug-likeness (QED) is 0.159. The molecule has 0 amide bonds. The van der Waals surface area contributed by atoms with Crippen molar-refractivity contribution in [2.75, 3.05) is 5.32 Å². The van der Waals surface area contributed by atoms with Crippen LogP contribution >= 0.6 is 0 Å². The van der Waals surface area contributed by atoms with Crippen LogP contribution in [-0.2, 0) is 13.2 Å². The molecule has 0 fully saturated rings. The molecule has 190 valence electrons. The summed E-state index contributed by atoms with van der Waals surface area (Å²) in [6.45, 7) is 2.25. The predicted octanol–water partition coefficient (Wildman–Crippen LogP) is 6.73. The van der Waals surface area contributed by atoms with Crippen molar-refractivity contribution in [3.63, 3.8) is 0 Å². The molecule has 0 saturated heterocycles. The number of fused-ring (bicyclic) bond motifs is 1. The first-order valence-corrected chi connectivity index (χ1v) is 12.1. The van der Waals surface area contributed by atoms with Crippen LogP contribution in [0.4, 0.5) is 5.69 Å². The molecule has 0 radical (unpaired) electrons. The lowest BCUT2D eigenvalue weighted by Gasteiger charge is -2.15. The summed E-state index contributed by atoms with van der Waals surface area (Å²) < 4.78 is 18.2. The molecule has 0 spiro atoms. The van der Waals surface area contributed by atoms with Gasteiger partial charge in [0.05, 0.1) is 11.2 Å². The normalized spacial score (nSPS) is 10.8. The highest BCUT2D eigenvalue weighted by Gasteiger charge is 2.18. The maximum absolute atomic E-state index is 13.0. The lowest BCUT2D eigenvalue weighted by molar-refractivity contribution is 0.256. The first kappa shape index (κ1) is 24.6. The van der Waals surface area contributed by atoms with Gasteiger partial charge in [0.15, 0.2) is 17.3 Å². The second-order valence-corrected chi connectivity index (χ2v) is 8.78. The zero-order valence-corrected chi connectivity index (χ0v) is 20.7. The molecule has 1 heterocycles. The van der Waals surface area contributed by atoms with Gasteiger partial charge in [-0.15, -0.1) is 0 Å². The fourth-order valence-electron chi connectivity index (χ4n) is 4.03. The lowest BCUT2D eigenvalue weighted by atomic mass is 10.1. The minimum Gasteiger partial charge on any atom is -0.502 e. The number of nitrogens with one attached hydrogen (secondary N) is 2. The van der Waals surface area contributed by atoms with Crippen LogP contribution in [-0.4, -0.2) is 10.9 Å². The zero-order chi connectivity index (χ0) is 26.5. The smallest absolute Gasteiger partial charge is 0.235 e. The Kier molecular flexibility index (Phi) is 7.08. The Bertz CT molecular complexity index is 1650. The fraction of sp³-hybridized carbons (Fsp3) is 0.0968. The molecule has 0 aliphatic carbocycles. The van der Waals surface area contributed by atoms with Crippen molar-refractivity contribution in [1.82, 2.24) is 0 Å². The summed E-state index contributed by atoms with van der Waals surface area (Å²) in [5.74, 6) is 0.727. The maximum Gasteiger partial charge on any atom is 0.235 e. The van der Waals surface area contributed by atoms with Gasteiger partial charge in [0.25, 0.3) is 0 Å². The van der Waals surface area contributed by atoms with Crippen molar-refractivity contribution in [2.24, 2.45) is 0 Å². The van der Waals surface area contributed by atoms with E-state index in [1.54, 1.807) is 43.3 Å². The molecule has 0 saturated carbocycles. The Morgan fingerprint density at radius 2 is 1.47 bits per heavy atom. The summed E-state index contributed by atoms with van der Waals surface area (Å²) in [6.07, 6.45) is 0. The van der Waals surface area contributed by atoms with E-state index in [1.165, 1.54) is 0 Å². The van der Waals surface area contributed by atoms with Gasteiger partial charge in [-0.3, -0.25) is 10.2 Å². The number of hydrogen-bond acceptors (Lipinski definition) is 6. The molecule has 5 aromatic rings. The van der Waals surface area contributed by atoms with E-state index in [2.05, 4.69) is 5.32 Å². The van der Waals surface area contributed by atoms with Crippen molar-refractivity contribution in [1.29, 1.82) is 5.41 Å². The van der Waals surface area contributed by atoms with Crippen molar-refractivity contribution in [2.45, 2.75) is 20.1 Å². The van der Waals surface area contributed by atoms with Gasteiger partial charge >= 0.3 is 0 Å². The first-order chi connectivity index (χ1) is 18.5. The molecule has 0 aliphatic heterocycles. The topological polar surface area (TPSA) is 105 Å². The van der Waals surface area contributed by atoms with Gasteiger partial charge in [-0.25, -0.2) is 0 Å². The van der Waals surface area contributed by atoms with E-state index in [0.717, 1.165) is 11.1 Å². The third kappa shape index (κ3) is 5.52. The minimum absolute atomic E-state index is 0.0330. The Balaban J connectivity index is 1.51. The maximum atomic E-state index is 13.0. The molecule has 0 bridgehead atoms. The van der Waals surface area contributed by atoms with Gasteiger partial charge in [0.1, 0.15) is 18.8 Å². The van der Waals surface area contributed by atoms with E-state index in [1.807, 2.05) is 60.7 Å². The molecule has 4 aromatic carbocycles. The Morgan fingerprint density at radius 1 is 0.842 bits per heavy atom. The lowest BCUT2D eigenvalue weighted by Crippen LogP contribution is -2.07. The van der Waals surface area contributed by atoms with Crippen molar-refractivity contribution < 1.29 is 19.0 Å². The van der Waals surface area contributed by atoms with Crippen LogP contribution in [0.2, 0.25) is 0 Å². The number of amidine groups is 1. The number of aromatic hydroxyl groups is 1. The Morgan fingerprint density at radius 3 is 2.11 bits per heavy atom. The number of anilines is 1. The van der Waals surface area contributed by atoms with Gasteiger partial charge in [-0.1, -0.05) is 60.7 Å². The highest BCUT2D eigenvalue weighted by Crippen LogP contribution is 2.37. The second-order valence-electron chi connectivity index (χ2n) is 8.78. The van der Waals surface area contributed by atoms with Crippen molar-refractivity contribution >= 4 is 22.5 Å². The van der Waals surface area contributed by atoms with Gasteiger partial charge in [0, 0.05) is 11.3 Å². The van der Waals surface area contributed by atoms with Gasteiger partial charge in [0.2, 0.25) is 11.2 Å². The van der Waals surface area contributed by atoms with E-state index in [-0.39, 0.29) is 17.0 Å². The number of rotatable bonds is 8. The molecule has 0 aliphatic rings. The molecular weight excluding hydrogens is 480 g/mol. The number of benzene rings is 4. The molecule has 7 nitrogen and oxygen atoms in total. The Labute approximate surface area is 219 Å². The summed E-state index contributed by atoms with van der Waals surface area (Å²) >= 11 is 0. The molecular formula is C31H26N2O5. The van der Waals surface area contributed by atoms with E-state index >= 15 is 0 Å². The summed E-state index contributed by atoms with van der Waals surface area (Å²) in [6, 6.07) is 29.6. The zero-order valence-electron chi connectivity index (χ0n) is 20.7. The first-order valence-electron chi connectivity index (χ1n) is 12.1. The summed E-state index contributed by atoms with van der Waals surface area (Å²) in [5.41, 5.74) is 2.76.